The number of aliphatic hydroxyl groups is 1. The largest absolute Gasteiger partial charge is 0.394 e. The number of hydrogen-bond acceptors (Lipinski definition) is 4. The lowest BCUT2D eigenvalue weighted by molar-refractivity contribution is -0.165. The van der Waals surface area contributed by atoms with Crippen molar-refractivity contribution in [1.82, 2.24) is 4.90 Å². The third-order valence-electron chi connectivity index (χ3n) is 3.49. The Hall–Kier alpha value is -0.160. The van der Waals surface area contributed by atoms with Crippen LogP contribution in [0.5, 0.6) is 0 Å². The van der Waals surface area contributed by atoms with E-state index in [0.29, 0.717) is 0 Å². The third kappa shape index (κ3) is 3.92. The number of morpholine rings is 1. The van der Waals surface area contributed by atoms with Crippen molar-refractivity contribution in [2.45, 2.75) is 65.3 Å². The first-order valence-corrected chi connectivity index (χ1v) is 6.85. The smallest absolute Gasteiger partial charge is 0.0940 e. The first kappa shape index (κ1) is 15.9. The molecule has 0 saturated carbocycles. The predicted molar refractivity (Wildman–Crippen MR) is 74.5 cm³/mol. The number of hydrogen-bond donors (Lipinski definition) is 2. The molecule has 3 N–H and O–H groups in total. The normalized spacial score (nSPS) is 29.0. The lowest BCUT2D eigenvalue weighted by atomic mass is 9.81. The van der Waals surface area contributed by atoms with Gasteiger partial charge in [-0.05, 0) is 26.2 Å². The highest BCUT2D eigenvalue weighted by Gasteiger charge is 2.41. The molecule has 0 spiro atoms. The summed E-state index contributed by atoms with van der Waals surface area (Å²) in [5.74, 6) is 0. The van der Waals surface area contributed by atoms with E-state index in [-0.39, 0.29) is 35.8 Å². The Morgan fingerprint density at radius 2 is 2.00 bits per heavy atom. The molecule has 1 aliphatic rings. The number of ether oxygens (including phenoxy) is 1. The van der Waals surface area contributed by atoms with Crippen LogP contribution in [0.1, 0.15) is 41.5 Å². The van der Waals surface area contributed by atoms with Gasteiger partial charge in [-0.25, -0.2) is 0 Å². The van der Waals surface area contributed by atoms with E-state index in [1.807, 2.05) is 0 Å². The van der Waals surface area contributed by atoms with E-state index in [1.54, 1.807) is 0 Å². The second kappa shape index (κ2) is 5.45. The molecule has 1 saturated heterocycles. The van der Waals surface area contributed by atoms with Crippen molar-refractivity contribution in [3.63, 3.8) is 0 Å². The van der Waals surface area contributed by atoms with Crippen LogP contribution >= 0.6 is 0 Å². The van der Waals surface area contributed by atoms with Crippen LogP contribution < -0.4 is 5.73 Å². The molecular weight excluding hydrogens is 228 g/mol. The van der Waals surface area contributed by atoms with Crippen molar-refractivity contribution in [3.05, 3.63) is 0 Å². The van der Waals surface area contributed by atoms with Crippen LogP contribution in [0.15, 0.2) is 0 Å². The van der Waals surface area contributed by atoms with Gasteiger partial charge in [0.25, 0.3) is 0 Å². The van der Waals surface area contributed by atoms with Gasteiger partial charge in [0.1, 0.15) is 0 Å². The topological polar surface area (TPSA) is 58.7 Å². The van der Waals surface area contributed by atoms with E-state index in [1.165, 1.54) is 0 Å². The Morgan fingerprint density at radius 3 is 2.39 bits per heavy atom. The molecule has 108 valence electrons. The summed E-state index contributed by atoms with van der Waals surface area (Å²) in [4.78, 5) is 2.38. The van der Waals surface area contributed by atoms with E-state index >= 15 is 0 Å². The highest BCUT2D eigenvalue weighted by molar-refractivity contribution is 4.95. The SMILES string of the molecule is CC(N)C(N1CC(CO)OC(C)(C)C1)C(C)(C)C. The van der Waals surface area contributed by atoms with E-state index < -0.39 is 0 Å². The molecule has 0 amide bonds. The zero-order chi connectivity index (χ0) is 14.1. The van der Waals surface area contributed by atoms with Crippen LogP contribution in [0, 0.1) is 5.41 Å². The van der Waals surface area contributed by atoms with Crippen LogP contribution in [-0.4, -0.2) is 53.5 Å². The lowest BCUT2D eigenvalue weighted by Gasteiger charge is -2.50. The summed E-state index contributed by atoms with van der Waals surface area (Å²) >= 11 is 0. The van der Waals surface area contributed by atoms with E-state index in [2.05, 4.69) is 46.4 Å². The van der Waals surface area contributed by atoms with Gasteiger partial charge in [0.15, 0.2) is 0 Å². The zero-order valence-corrected chi connectivity index (χ0v) is 12.7. The molecule has 0 aromatic carbocycles. The summed E-state index contributed by atoms with van der Waals surface area (Å²) in [5.41, 5.74) is 6.06. The van der Waals surface area contributed by atoms with Crippen LogP contribution in [-0.2, 0) is 4.74 Å². The van der Waals surface area contributed by atoms with Gasteiger partial charge in [-0.2, -0.15) is 0 Å². The second-order valence-electron chi connectivity index (χ2n) is 7.28. The van der Waals surface area contributed by atoms with Crippen molar-refractivity contribution >= 4 is 0 Å². The number of nitrogens with zero attached hydrogens (tertiary/aromatic N) is 1. The monoisotopic (exact) mass is 258 g/mol. The van der Waals surface area contributed by atoms with Crippen molar-refractivity contribution in [2.75, 3.05) is 19.7 Å². The predicted octanol–water partition coefficient (Wildman–Crippen LogP) is 1.22. The Bertz CT molecular complexity index is 271. The minimum Gasteiger partial charge on any atom is -0.394 e. The first-order chi connectivity index (χ1) is 8.07. The molecule has 18 heavy (non-hydrogen) atoms. The highest BCUT2D eigenvalue weighted by Crippen LogP contribution is 2.31. The van der Waals surface area contributed by atoms with Gasteiger partial charge in [-0.3, -0.25) is 4.90 Å². The fourth-order valence-corrected chi connectivity index (χ4v) is 3.32. The lowest BCUT2D eigenvalue weighted by Crippen LogP contribution is -2.63. The molecule has 3 atom stereocenters. The van der Waals surface area contributed by atoms with E-state index in [0.717, 1.165) is 13.1 Å². The third-order valence-corrected chi connectivity index (χ3v) is 3.49. The van der Waals surface area contributed by atoms with Gasteiger partial charge >= 0.3 is 0 Å². The fourth-order valence-electron chi connectivity index (χ4n) is 3.32. The molecule has 0 aliphatic carbocycles. The molecule has 0 aromatic heterocycles. The van der Waals surface area contributed by atoms with Crippen LogP contribution in [0.3, 0.4) is 0 Å². The Labute approximate surface area is 111 Å². The van der Waals surface area contributed by atoms with Crippen molar-refractivity contribution < 1.29 is 9.84 Å². The fraction of sp³-hybridized carbons (Fsp3) is 1.00. The minimum absolute atomic E-state index is 0.0652. The summed E-state index contributed by atoms with van der Waals surface area (Å²) in [6.45, 7) is 14.5. The summed E-state index contributed by atoms with van der Waals surface area (Å²) in [6.07, 6.45) is -0.114. The summed E-state index contributed by atoms with van der Waals surface area (Å²) < 4.78 is 5.86. The second-order valence-corrected chi connectivity index (χ2v) is 7.28. The molecule has 1 fully saturated rings. The standard InChI is InChI=1S/C14H30N2O2/c1-10(15)12(13(2,3)4)16-7-11(8-17)18-14(5,6)9-16/h10-12,17H,7-9,15H2,1-6H3. The van der Waals surface area contributed by atoms with Gasteiger partial charge in [0.2, 0.25) is 0 Å². The number of rotatable bonds is 3. The maximum atomic E-state index is 9.38. The van der Waals surface area contributed by atoms with E-state index in [9.17, 15) is 5.11 Å². The molecule has 1 aliphatic heterocycles. The van der Waals surface area contributed by atoms with Crippen molar-refractivity contribution in [2.24, 2.45) is 11.1 Å². The molecular formula is C14H30N2O2. The van der Waals surface area contributed by atoms with Gasteiger partial charge in [-0.1, -0.05) is 20.8 Å². The van der Waals surface area contributed by atoms with E-state index in [4.69, 9.17) is 10.5 Å². The minimum atomic E-state index is -0.232. The van der Waals surface area contributed by atoms with Gasteiger partial charge < -0.3 is 15.6 Å². The Kier molecular flexibility index (Phi) is 4.81. The molecule has 1 rings (SSSR count). The highest BCUT2D eigenvalue weighted by atomic mass is 16.5. The Morgan fingerprint density at radius 1 is 1.44 bits per heavy atom. The molecule has 0 radical (unpaired) electrons. The maximum absolute atomic E-state index is 9.38. The quantitative estimate of drug-likeness (QED) is 0.799. The van der Waals surface area contributed by atoms with Crippen LogP contribution in [0.4, 0.5) is 0 Å². The summed E-state index contributed by atoms with van der Waals surface area (Å²) in [7, 11) is 0. The van der Waals surface area contributed by atoms with Crippen LogP contribution in [0.2, 0.25) is 0 Å². The summed E-state index contributed by atoms with van der Waals surface area (Å²) in [6, 6.07) is 0.382. The van der Waals surface area contributed by atoms with Crippen molar-refractivity contribution in [3.8, 4) is 0 Å². The first-order valence-electron chi connectivity index (χ1n) is 6.85. The van der Waals surface area contributed by atoms with Gasteiger partial charge in [-0.15, -0.1) is 0 Å². The van der Waals surface area contributed by atoms with Gasteiger partial charge in [0.05, 0.1) is 18.3 Å². The molecule has 0 aromatic rings. The Balaban J connectivity index is 2.91. The maximum Gasteiger partial charge on any atom is 0.0940 e. The molecule has 1 heterocycles. The molecule has 0 bridgehead atoms. The molecule has 4 nitrogen and oxygen atoms in total. The zero-order valence-electron chi connectivity index (χ0n) is 12.7. The van der Waals surface area contributed by atoms with Crippen molar-refractivity contribution in [1.29, 1.82) is 0 Å². The number of nitrogens with two attached hydrogens (primary N) is 1. The number of aliphatic hydroxyl groups excluding tert-OH is 1. The molecule has 3 unspecified atom stereocenters. The molecule has 4 heteroatoms. The average Bonchev–Trinajstić information content (AvgIpc) is 2.11. The average molecular weight is 258 g/mol. The van der Waals surface area contributed by atoms with Crippen LogP contribution in [0.25, 0.3) is 0 Å². The summed E-state index contributed by atoms with van der Waals surface area (Å²) in [5, 5.41) is 9.38. The van der Waals surface area contributed by atoms with Gasteiger partial charge in [0, 0.05) is 25.2 Å².